The number of carbonyl (C=O) groups excluding carboxylic acids is 1. The van der Waals surface area contributed by atoms with Crippen LogP contribution in [0.15, 0.2) is 47.6 Å². The average Bonchev–Trinajstić information content (AvgIpc) is 3.02. The zero-order valence-electron chi connectivity index (χ0n) is 18.8. The maximum atomic E-state index is 12.3. The maximum absolute atomic E-state index is 12.3. The fourth-order valence-electron chi connectivity index (χ4n) is 3.69. The molecule has 0 fully saturated rings. The minimum atomic E-state index is -0.433. The molecule has 0 bridgehead atoms. The molecule has 0 spiro atoms. The highest BCUT2D eigenvalue weighted by molar-refractivity contribution is 5.85. The summed E-state index contributed by atoms with van der Waals surface area (Å²) in [5.41, 5.74) is 8.42. The van der Waals surface area contributed by atoms with Gasteiger partial charge in [0.05, 0.1) is 30.7 Å². The van der Waals surface area contributed by atoms with Crippen LogP contribution in [-0.2, 0) is 11.2 Å². The molecule has 0 unspecified atom stereocenters. The van der Waals surface area contributed by atoms with Crippen molar-refractivity contribution in [3.05, 3.63) is 86.2 Å². The summed E-state index contributed by atoms with van der Waals surface area (Å²) in [6.45, 7) is 7.70. The molecule has 0 radical (unpaired) electrons. The molecule has 32 heavy (non-hydrogen) atoms. The predicted octanol–water partition coefficient (Wildman–Crippen LogP) is 4.32. The van der Waals surface area contributed by atoms with Crippen LogP contribution >= 0.6 is 0 Å². The molecule has 3 rings (SSSR count). The Balaban J connectivity index is 1.80. The number of aromatic nitrogens is 1. The zero-order valence-corrected chi connectivity index (χ0v) is 18.8. The number of benzene rings is 2. The number of methoxy groups -OCH3 is 1. The molecule has 8 heteroatoms. The molecule has 1 N–H and O–H groups in total. The fraction of sp³-hybridized carbons (Fsp3) is 0.250. The van der Waals surface area contributed by atoms with E-state index in [1.807, 2.05) is 52.0 Å². The third-order valence-electron chi connectivity index (χ3n) is 5.33. The number of aryl methyl sites for hydroxylation is 3. The van der Waals surface area contributed by atoms with Gasteiger partial charge in [0.25, 0.3) is 5.69 Å². The first kappa shape index (κ1) is 22.7. The van der Waals surface area contributed by atoms with E-state index in [0.717, 1.165) is 33.6 Å². The van der Waals surface area contributed by atoms with Gasteiger partial charge >= 0.3 is 0 Å². The van der Waals surface area contributed by atoms with Gasteiger partial charge in [-0.1, -0.05) is 23.8 Å². The number of hydrogen-bond donors (Lipinski definition) is 1. The number of rotatable bonds is 7. The molecule has 3 aromatic rings. The first-order valence-corrected chi connectivity index (χ1v) is 10.1. The van der Waals surface area contributed by atoms with Gasteiger partial charge in [0.2, 0.25) is 5.91 Å². The van der Waals surface area contributed by atoms with E-state index in [4.69, 9.17) is 4.74 Å². The van der Waals surface area contributed by atoms with E-state index in [2.05, 4.69) is 10.5 Å². The molecule has 8 nitrogen and oxygen atoms in total. The Morgan fingerprint density at radius 3 is 2.56 bits per heavy atom. The van der Waals surface area contributed by atoms with Crippen LogP contribution in [0.4, 0.5) is 5.69 Å². The molecule has 2 aromatic carbocycles. The molecule has 0 aliphatic heterocycles. The van der Waals surface area contributed by atoms with Crippen LogP contribution in [0.2, 0.25) is 0 Å². The number of ether oxygens (including phenoxy) is 1. The van der Waals surface area contributed by atoms with E-state index in [1.54, 1.807) is 22.9 Å². The number of nitrogens with zero attached hydrogens (tertiary/aromatic N) is 3. The molecule has 0 saturated carbocycles. The van der Waals surface area contributed by atoms with Crippen molar-refractivity contribution in [2.75, 3.05) is 7.11 Å². The minimum Gasteiger partial charge on any atom is -0.496 e. The van der Waals surface area contributed by atoms with Crippen molar-refractivity contribution in [1.29, 1.82) is 0 Å². The molecule has 0 aliphatic carbocycles. The summed E-state index contributed by atoms with van der Waals surface area (Å²) in [5, 5.41) is 15.7. The van der Waals surface area contributed by atoms with Crippen LogP contribution in [0.5, 0.6) is 5.75 Å². The molecular weight excluding hydrogens is 408 g/mol. The van der Waals surface area contributed by atoms with Gasteiger partial charge < -0.3 is 9.30 Å². The lowest BCUT2D eigenvalue weighted by atomic mass is 10.0. The van der Waals surface area contributed by atoms with E-state index in [9.17, 15) is 14.9 Å². The second-order valence-corrected chi connectivity index (χ2v) is 7.67. The van der Waals surface area contributed by atoms with E-state index in [0.29, 0.717) is 11.4 Å². The molecule has 1 amide bonds. The van der Waals surface area contributed by atoms with Crippen molar-refractivity contribution >= 4 is 17.8 Å². The number of hydrogen-bond acceptors (Lipinski definition) is 5. The van der Waals surface area contributed by atoms with Gasteiger partial charge in [-0.15, -0.1) is 0 Å². The third kappa shape index (κ3) is 4.85. The van der Waals surface area contributed by atoms with Crippen LogP contribution in [0.25, 0.3) is 5.69 Å². The van der Waals surface area contributed by atoms with Crippen molar-refractivity contribution in [3.63, 3.8) is 0 Å². The lowest BCUT2D eigenvalue weighted by Crippen LogP contribution is -2.20. The van der Waals surface area contributed by atoms with Crippen molar-refractivity contribution in [3.8, 4) is 11.4 Å². The zero-order chi connectivity index (χ0) is 23.4. The molecule has 0 aliphatic rings. The number of nitro benzene ring substituents is 1. The standard InChI is InChI=1S/C24H26N4O4/c1-15-6-7-19(16(2)10-15)12-24(29)26-25-14-20-11-17(3)27(18(20)4)22-9-8-21(32-5)13-23(22)28(30)31/h6-11,13-14H,12H2,1-5H3,(H,26,29)/b25-14-. The summed E-state index contributed by atoms with van der Waals surface area (Å²) in [4.78, 5) is 23.4. The Morgan fingerprint density at radius 1 is 1.16 bits per heavy atom. The lowest BCUT2D eigenvalue weighted by Gasteiger charge is -2.11. The van der Waals surface area contributed by atoms with Gasteiger partial charge in [-0.05, 0) is 57.0 Å². The van der Waals surface area contributed by atoms with Crippen molar-refractivity contribution in [2.45, 2.75) is 34.1 Å². The highest BCUT2D eigenvalue weighted by atomic mass is 16.6. The van der Waals surface area contributed by atoms with E-state index >= 15 is 0 Å². The quantitative estimate of drug-likeness (QED) is 0.340. The van der Waals surface area contributed by atoms with E-state index < -0.39 is 4.92 Å². The van der Waals surface area contributed by atoms with Gasteiger partial charge in [0.15, 0.2) is 0 Å². The third-order valence-corrected chi connectivity index (χ3v) is 5.33. The summed E-state index contributed by atoms with van der Waals surface area (Å²) >= 11 is 0. The minimum absolute atomic E-state index is 0.0589. The van der Waals surface area contributed by atoms with Gasteiger partial charge in [0, 0.05) is 17.0 Å². The van der Waals surface area contributed by atoms with Crippen LogP contribution in [0, 0.1) is 37.8 Å². The Kier molecular flexibility index (Phi) is 6.73. The SMILES string of the molecule is COc1ccc(-n2c(C)cc(/C=N\NC(=O)Cc3ccc(C)cc3C)c2C)c([N+](=O)[O-])c1. The Bertz CT molecular complexity index is 1210. The van der Waals surface area contributed by atoms with Gasteiger partial charge in [-0.2, -0.15) is 5.10 Å². The topological polar surface area (TPSA) is 98.8 Å². The fourth-order valence-corrected chi connectivity index (χ4v) is 3.69. The van der Waals surface area contributed by atoms with E-state index in [1.165, 1.54) is 13.2 Å². The van der Waals surface area contributed by atoms with Crippen LogP contribution in [0.1, 0.15) is 33.6 Å². The first-order chi connectivity index (χ1) is 15.2. The normalized spacial score (nSPS) is 11.0. The monoisotopic (exact) mass is 434 g/mol. The molecule has 166 valence electrons. The van der Waals surface area contributed by atoms with Crippen molar-refractivity contribution in [1.82, 2.24) is 9.99 Å². The molecular formula is C24H26N4O4. The average molecular weight is 434 g/mol. The van der Waals surface area contributed by atoms with Crippen molar-refractivity contribution < 1.29 is 14.5 Å². The Hall–Kier alpha value is -3.94. The largest absolute Gasteiger partial charge is 0.496 e. The smallest absolute Gasteiger partial charge is 0.296 e. The van der Waals surface area contributed by atoms with E-state index in [-0.39, 0.29) is 18.0 Å². The van der Waals surface area contributed by atoms with Crippen molar-refractivity contribution in [2.24, 2.45) is 5.10 Å². The highest BCUT2D eigenvalue weighted by Gasteiger charge is 2.20. The number of nitrogens with one attached hydrogen (secondary N) is 1. The highest BCUT2D eigenvalue weighted by Crippen LogP contribution is 2.31. The predicted molar refractivity (Wildman–Crippen MR) is 124 cm³/mol. The van der Waals surface area contributed by atoms with Gasteiger partial charge in [-0.25, -0.2) is 5.43 Å². The molecule has 1 aromatic heterocycles. The van der Waals surface area contributed by atoms with Crippen LogP contribution in [-0.4, -0.2) is 28.7 Å². The summed E-state index contributed by atoms with van der Waals surface area (Å²) in [7, 11) is 1.47. The molecule has 0 saturated heterocycles. The first-order valence-electron chi connectivity index (χ1n) is 10.1. The molecule has 1 heterocycles. The number of hydrazone groups is 1. The summed E-state index contributed by atoms with van der Waals surface area (Å²) in [5.74, 6) is 0.198. The maximum Gasteiger partial charge on any atom is 0.296 e. The van der Waals surface area contributed by atoms with Crippen LogP contribution in [0.3, 0.4) is 0 Å². The number of amides is 1. The number of nitro groups is 1. The second-order valence-electron chi connectivity index (χ2n) is 7.67. The number of carbonyl (C=O) groups is 1. The summed E-state index contributed by atoms with van der Waals surface area (Å²) < 4.78 is 6.91. The Morgan fingerprint density at radius 2 is 1.91 bits per heavy atom. The summed E-state index contributed by atoms with van der Waals surface area (Å²) in [6.07, 6.45) is 1.79. The van der Waals surface area contributed by atoms with Crippen LogP contribution < -0.4 is 10.2 Å². The summed E-state index contributed by atoms with van der Waals surface area (Å²) in [6, 6.07) is 12.6. The molecule has 0 atom stereocenters. The van der Waals surface area contributed by atoms with Gasteiger partial charge in [-0.3, -0.25) is 14.9 Å². The van der Waals surface area contributed by atoms with Gasteiger partial charge in [0.1, 0.15) is 11.4 Å². The Labute approximate surface area is 186 Å². The lowest BCUT2D eigenvalue weighted by molar-refractivity contribution is -0.384. The second kappa shape index (κ2) is 9.47.